The lowest BCUT2D eigenvalue weighted by molar-refractivity contribution is -0.384. The van der Waals surface area contributed by atoms with Gasteiger partial charge in [-0.05, 0) is 17.2 Å². The van der Waals surface area contributed by atoms with E-state index in [1.54, 1.807) is 18.2 Å². The number of carbonyl (C=O) groups excluding carboxylic acids is 1. The van der Waals surface area contributed by atoms with Crippen LogP contribution in [0.1, 0.15) is 25.9 Å². The third-order valence-corrected chi connectivity index (χ3v) is 4.85. The lowest BCUT2D eigenvalue weighted by Crippen LogP contribution is -2.22. The van der Waals surface area contributed by atoms with E-state index in [1.807, 2.05) is 30.3 Å². The van der Waals surface area contributed by atoms with E-state index < -0.39 is 4.92 Å². The summed E-state index contributed by atoms with van der Waals surface area (Å²) in [5.74, 6) is -0.345. The van der Waals surface area contributed by atoms with Crippen molar-refractivity contribution in [1.29, 1.82) is 0 Å². The normalized spacial score (nSPS) is 11.2. The number of nitro benzene ring substituents is 1. The average molecular weight is 401 g/mol. The molecule has 0 spiro atoms. The number of non-ortho nitro benzene ring substituents is 1. The quantitative estimate of drug-likeness (QED) is 0.496. The van der Waals surface area contributed by atoms with Gasteiger partial charge in [-0.3, -0.25) is 14.9 Å². The van der Waals surface area contributed by atoms with Crippen molar-refractivity contribution in [2.75, 3.05) is 0 Å². The largest absolute Gasteiger partial charge is 0.346 e. The second kappa shape index (κ2) is 8.52. The highest BCUT2D eigenvalue weighted by atomic mass is 35.5. The van der Waals surface area contributed by atoms with Gasteiger partial charge in [0.05, 0.1) is 9.96 Å². The van der Waals surface area contributed by atoms with Crippen molar-refractivity contribution < 1.29 is 9.72 Å². The topological polar surface area (TPSA) is 98.0 Å². The van der Waals surface area contributed by atoms with Gasteiger partial charge in [0.25, 0.3) is 11.6 Å². The molecule has 1 N–H and O–H groups in total. The van der Waals surface area contributed by atoms with Gasteiger partial charge in [-0.25, -0.2) is 0 Å². The summed E-state index contributed by atoms with van der Waals surface area (Å²) in [4.78, 5) is 22.5. The number of nitro groups is 1. The van der Waals surface area contributed by atoms with E-state index in [4.69, 9.17) is 11.6 Å². The van der Waals surface area contributed by atoms with Crippen molar-refractivity contribution >= 4 is 45.6 Å². The van der Waals surface area contributed by atoms with Gasteiger partial charge in [0.15, 0.2) is 5.01 Å². The van der Waals surface area contributed by atoms with E-state index in [0.29, 0.717) is 17.1 Å². The van der Waals surface area contributed by atoms with E-state index in [0.717, 1.165) is 16.9 Å². The number of hydrogen-bond donors (Lipinski definition) is 1. The molecule has 0 aliphatic rings. The first kappa shape index (κ1) is 18.7. The summed E-state index contributed by atoms with van der Waals surface area (Å²) in [7, 11) is 0. The molecular formula is C18H13ClN4O3S. The van der Waals surface area contributed by atoms with Gasteiger partial charge < -0.3 is 5.32 Å². The van der Waals surface area contributed by atoms with Gasteiger partial charge in [0, 0.05) is 18.7 Å². The minimum Gasteiger partial charge on any atom is -0.346 e. The molecule has 3 aromatic rings. The summed E-state index contributed by atoms with van der Waals surface area (Å²) in [5, 5.41) is 22.2. The second-order valence-electron chi connectivity index (χ2n) is 5.43. The fourth-order valence-electron chi connectivity index (χ4n) is 2.20. The molecule has 0 radical (unpaired) electrons. The summed E-state index contributed by atoms with van der Waals surface area (Å²) in [5.41, 5.74) is 1.49. The van der Waals surface area contributed by atoms with Crippen molar-refractivity contribution in [2.45, 2.75) is 6.54 Å². The Bertz CT molecular complexity index is 1000. The van der Waals surface area contributed by atoms with Gasteiger partial charge in [0.1, 0.15) is 0 Å². The number of carbonyl (C=O) groups is 1. The summed E-state index contributed by atoms with van der Waals surface area (Å²) in [6.07, 6.45) is 1.54. The predicted molar refractivity (Wildman–Crippen MR) is 104 cm³/mol. The molecule has 0 saturated carbocycles. The number of benzene rings is 2. The zero-order chi connectivity index (χ0) is 19.2. The Morgan fingerprint density at radius 2 is 1.89 bits per heavy atom. The molecule has 1 aromatic heterocycles. The maximum Gasteiger partial charge on any atom is 0.282 e. The molecule has 0 aliphatic carbocycles. The third kappa shape index (κ3) is 4.96. The summed E-state index contributed by atoms with van der Waals surface area (Å²) in [6.45, 7) is 0.381. The standard InChI is InChI=1S/C18H13ClN4O3S/c19-15(10-13-7-4-8-14(9-13)23(25)26)17-21-22-18(27-17)16(24)20-11-12-5-2-1-3-6-12/h1-10H,11H2,(H,20,24)/b15-10-. The smallest absolute Gasteiger partial charge is 0.282 e. The van der Waals surface area contributed by atoms with Crippen LogP contribution in [0.25, 0.3) is 11.1 Å². The molecule has 9 heteroatoms. The lowest BCUT2D eigenvalue weighted by atomic mass is 10.2. The van der Waals surface area contributed by atoms with Gasteiger partial charge >= 0.3 is 0 Å². The Balaban J connectivity index is 1.70. The number of halogens is 1. The third-order valence-electron chi connectivity index (χ3n) is 3.49. The fraction of sp³-hybridized carbons (Fsp3) is 0.0556. The molecule has 0 saturated heterocycles. The number of hydrogen-bond acceptors (Lipinski definition) is 6. The highest BCUT2D eigenvalue weighted by Crippen LogP contribution is 2.26. The zero-order valence-electron chi connectivity index (χ0n) is 13.8. The van der Waals surface area contributed by atoms with Crippen molar-refractivity contribution in [2.24, 2.45) is 0 Å². The first-order chi connectivity index (χ1) is 13.0. The molecular weight excluding hydrogens is 388 g/mol. The maximum absolute atomic E-state index is 12.2. The minimum absolute atomic E-state index is 0.0357. The Morgan fingerprint density at radius 3 is 2.63 bits per heavy atom. The van der Waals surface area contributed by atoms with Crippen LogP contribution in [0.2, 0.25) is 0 Å². The molecule has 2 aromatic carbocycles. The highest BCUT2D eigenvalue weighted by molar-refractivity contribution is 7.15. The molecule has 0 fully saturated rings. The van der Waals surface area contributed by atoms with E-state index in [1.165, 1.54) is 12.1 Å². The second-order valence-corrected chi connectivity index (χ2v) is 6.81. The van der Waals surface area contributed by atoms with Gasteiger partial charge in [-0.2, -0.15) is 0 Å². The van der Waals surface area contributed by atoms with Gasteiger partial charge in [-0.1, -0.05) is 65.4 Å². The molecule has 0 aliphatic heterocycles. The summed E-state index contributed by atoms with van der Waals surface area (Å²) >= 11 is 7.28. The van der Waals surface area contributed by atoms with E-state index in [-0.39, 0.29) is 21.6 Å². The van der Waals surface area contributed by atoms with E-state index in [9.17, 15) is 14.9 Å². The average Bonchev–Trinajstić information content (AvgIpc) is 3.17. The van der Waals surface area contributed by atoms with Crippen molar-refractivity contribution in [1.82, 2.24) is 15.5 Å². The number of nitrogens with one attached hydrogen (secondary N) is 1. The van der Waals surface area contributed by atoms with Gasteiger partial charge in [0.2, 0.25) is 5.01 Å². The first-order valence-electron chi connectivity index (χ1n) is 7.80. The monoisotopic (exact) mass is 400 g/mol. The van der Waals surface area contributed by atoms with Crippen LogP contribution in [0.15, 0.2) is 54.6 Å². The van der Waals surface area contributed by atoms with Crippen LogP contribution in [0.4, 0.5) is 5.69 Å². The molecule has 0 bridgehead atoms. The fourth-order valence-corrected chi connectivity index (χ4v) is 3.15. The molecule has 7 nitrogen and oxygen atoms in total. The summed E-state index contributed by atoms with van der Waals surface area (Å²) in [6, 6.07) is 15.5. The Kier molecular flexibility index (Phi) is 5.90. The molecule has 136 valence electrons. The number of rotatable bonds is 6. The molecule has 3 rings (SSSR count). The lowest BCUT2D eigenvalue weighted by Gasteiger charge is -2.02. The van der Waals surface area contributed by atoms with Crippen LogP contribution in [-0.4, -0.2) is 21.0 Å². The highest BCUT2D eigenvalue weighted by Gasteiger charge is 2.14. The van der Waals surface area contributed by atoms with Crippen LogP contribution in [0.3, 0.4) is 0 Å². The van der Waals surface area contributed by atoms with Crippen LogP contribution in [0, 0.1) is 10.1 Å². The Morgan fingerprint density at radius 1 is 1.15 bits per heavy atom. The zero-order valence-corrected chi connectivity index (χ0v) is 15.4. The Hall–Kier alpha value is -3.10. The molecule has 1 amide bonds. The van der Waals surface area contributed by atoms with Crippen LogP contribution < -0.4 is 5.32 Å². The van der Waals surface area contributed by atoms with Crippen LogP contribution in [0.5, 0.6) is 0 Å². The first-order valence-corrected chi connectivity index (χ1v) is 9.00. The predicted octanol–water partition coefficient (Wildman–Crippen LogP) is 4.11. The molecule has 0 unspecified atom stereocenters. The van der Waals surface area contributed by atoms with E-state index in [2.05, 4.69) is 15.5 Å². The molecule has 1 heterocycles. The molecule has 27 heavy (non-hydrogen) atoms. The number of nitrogens with zero attached hydrogens (tertiary/aromatic N) is 3. The van der Waals surface area contributed by atoms with E-state index >= 15 is 0 Å². The maximum atomic E-state index is 12.2. The van der Waals surface area contributed by atoms with Crippen molar-refractivity contribution in [3.63, 3.8) is 0 Å². The summed E-state index contributed by atoms with van der Waals surface area (Å²) < 4.78 is 0. The number of aromatic nitrogens is 2. The van der Waals surface area contributed by atoms with Crippen LogP contribution >= 0.6 is 22.9 Å². The van der Waals surface area contributed by atoms with Gasteiger partial charge in [-0.15, -0.1) is 10.2 Å². The molecule has 0 atom stereocenters. The number of amides is 1. The minimum atomic E-state index is -0.481. The SMILES string of the molecule is O=C(NCc1ccccc1)c1nnc(/C(Cl)=C/c2cccc([N+](=O)[O-])c2)s1. The van der Waals surface area contributed by atoms with Crippen molar-refractivity contribution in [3.05, 3.63) is 85.9 Å². The Labute approximate surface area is 163 Å². The van der Waals surface area contributed by atoms with Crippen molar-refractivity contribution in [3.8, 4) is 0 Å². The van der Waals surface area contributed by atoms with Crippen LogP contribution in [-0.2, 0) is 6.54 Å².